The van der Waals surface area contributed by atoms with Crippen LogP contribution in [0.3, 0.4) is 0 Å². The van der Waals surface area contributed by atoms with Crippen molar-refractivity contribution in [2.75, 3.05) is 13.1 Å². The van der Waals surface area contributed by atoms with E-state index in [1.165, 1.54) is 5.69 Å². The van der Waals surface area contributed by atoms with Crippen LogP contribution in [0.2, 0.25) is 0 Å². The predicted molar refractivity (Wildman–Crippen MR) is 82.0 cm³/mol. The van der Waals surface area contributed by atoms with Crippen LogP contribution < -0.4 is 5.32 Å². The Morgan fingerprint density at radius 2 is 2.14 bits per heavy atom. The number of carbonyl (C=O) groups is 2. The second-order valence-corrected chi connectivity index (χ2v) is 6.43. The number of nitrogens with one attached hydrogen (secondary N) is 1. The molecule has 3 rings (SSSR count). The first-order valence-corrected chi connectivity index (χ1v) is 8.13. The average Bonchev–Trinajstić information content (AvgIpc) is 2.90. The van der Waals surface area contributed by atoms with E-state index in [2.05, 4.69) is 10.4 Å². The Balaban J connectivity index is 1.66. The fraction of sp³-hybridized carbons (Fsp3) is 0.688. The Morgan fingerprint density at radius 1 is 1.32 bits per heavy atom. The van der Waals surface area contributed by atoms with Crippen molar-refractivity contribution in [1.82, 2.24) is 20.0 Å². The van der Waals surface area contributed by atoms with E-state index in [0.717, 1.165) is 44.2 Å². The van der Waals surface area contributed by atoms with Gasteiger partial charge in [-0.05, 0) is 32.1 Å². The maximum absolute atomic E-state index is 12.6. The molecule has 6 heteroatoms. The minimum atomic E-state index is -0.0836. The highest BCUT2D eigenvalue weighted by Gasteiger charge is 2.30. The lowest BCUT2D eigenvalue weighted by molar-refractivity contribution is -0.134. The number of hydrogen-bond donors (Lipinski definition) is 1. The summed E-state index contributed by atoms with van der Waals surface area (Å²) in [5.41, 5.74) is 2.38. The van der Waals surface area contributed by atoms with Crippen LogP contribution in [0.5, 0.6) is 0 Å². The molecule has 2 aliphatic rings. The molecular formula is C16H24N4O2. The highest BCUT2D eigenvalue weighted by atomic mass is 16.2. The molecular weight excluding hydrogens is 280 g/mol. The highest BCUT2D eigenvalue weighted by Crippen LogP contribution is 2.30. The number of fused-ring (bicyclic) bond motifs is 1. The van der Waals surface area contributed by atoms with Crippen molar-refractivity contribution in [3.8, 4) is 0 Å². The first kappa shape index (κ1) is 15.1. The van der Waals surface area contributed by atoms with Crippen molar-refractivity contribution in [2.45, 2.75) is 45.1 Å². The van der Waals surface area contributed by atoms with E-state index in [4.69, 9.17) is 0 Å². The van der Waals surface area contributed by atoms with Gasteiger partial charge in [0.1, 0.15) is 0 Å². The van der Waals surface area contributed by atoms with E-state index in [0.29, 0.717) is 6.54 Å². The van der Waals surface area contributed by atoms with Gasteiger partial charge in [-0.2, -0.15) is 5.10 Å². The first-order valence-electron chi connectivity index (χ1n) is 8.13. The maximum atomic E-state index is 12.6. The van der Waals surface area contributed by atoms with E-state index in [1.54, 1.807) is 11.8 Å². The monoisotopic (exact) mass is 304 g/mol. The zero-order valence-electron chi connectivity index (χ0n) is 13.3. The number of hydrogen-bond acceptors (Lipinski definition) is 3. The van der Waals surface area contributed by atoms with Crippen molar-refractivity contribution in [2.24, 2.45) is 13.0 Å². The molecule has 0 aromatic carbocycles. The summed E-state index contributed by atoms with van der Waals surface area (Å²) < 4.78 is 1.91. The molecule has 1 aromatic heterocycles. The topological polar surface area (TPSA) is 67.2 Å². The third-order valence-electron chi connectivity index (χ3n) is 4.93. The van der Waals surface area contributed by atoms with Gasteiger partial charge in [-0.3, -0.25) is 14.3 Å². The molecule has 1 N–H and O–H groups in total. The number of rotatable bonds is 2. The molecule has 2 atom stereocenters. The average molecular weight is 304 g/mol. The van der Waals surface area contributed by atoms with Crippen molar-refractivity contribution < 1.29 is 9.59 Å². The molecule has 2 heterocycles. The van der Waals surface area contributed by atoms with Gasteiger partial charge in [-0.25, -0.2) is 0 Å². The maximum Gasteiger partial charge on any atom is 0.225 e. The van der Waals surface area contributed by atoms with Crippen LogP contribution in [-0.4, -0.2) is 39.6 Å². The first-order chi connectivity index (χ1) is 10.6. The van der Waals surface area contributed by atoms with Gasteiger partial charge >= 0.3 is 0 Å². The summed E-state index contributed by atoms with van der Waals surface area (Å²) in [6.45, 7) is 2.90. The number of aryl methyl sites for hydroxylation is 1. The number of nitrogens with zero attached hydrogens (tertiary/aromatic N) is 3. The molecule has 0 saturated carbocycles. The zero-order chi connectivity index (χ0) is 15.7. The van der Waals surface area contributed by atoms with Gasteiger partial charge in [-0.1, -0.05) is 0 Å². The van der Waals surface area contributed by atoms with Crippen molar-refractivity contribution in [3.63, 3.8) is 0 Å². The van der Waals surface area contributed by atoms with E-state index in [9.17, 15) is 9.59 Å². The number of likely N-dealkylation sites (tertiary alicyclic amines) is 1. The fourth-order valence-corrected chi connectivity index (χ4v) is 3.62. The Hall–Kier alpha value is -1.85. The molecule has 0 radical (unpaired) electrons. The van der Waals surface area contributed by atoms with Crippen LogP contribution in [0.1, 0.15) is 49.9 Å². The van der Waals surface area contributed by atoms with E-state index in [1.807, 2.05) is 17.9 Å². The van der Waals surface area contributed by atoms with Gasteiger partial charge in [0.05, 0.1) is 18.2 Å². The standard InChI is InChI=1S/C16H24N4O2/c1-11(21)20-8-4-5-12(10-20)16(22)18-14-6-3-7-15-13(14)9-17-19(15)2/h9,12,14H,3-8,10H2,1-2H3,(H,18,22). The molecule has 120 valence electrons. The van der Waals surface area contributed by atoms with Gasteiger partial charge in [0, 0.05) is 38.3 Å². The van der Waals surface area contributed by atoms with Crippen LogP contribution in [0.15, 0.2) is 6.20 Å². The molecule has 22 heavy (non-hydrogen) atoms. The normalized spacial score (nSPS) is 24.7. The Morgan fingerprint density at radius 3 is 2.91 bits per heavy atom. The molecule has 1 saturated heterocycles. The molecule has 1 aromatic rings. The molecule has 1 aliphatic carbocycles. The van der Waals surface area contributed by atoms with Crippen LogP contribution in [0.4, 0.5) is 0 Å². The zero-order valence-corrected chi connectivity index (χ0v) is 13.3. The van der Waals surface area contributed by atoms with E-state index >= 15 is 0 Å². The lowest BCUT2D eigenvalue weighted by Gasteiger charge is -2.33. The molecule has 6 nitrogen and oxygen atoms in total. The summed E-state index contributed by atoms with van der Waals surface area (Å²) in [5, 5.41) is 7.50. The smallest absolute Gasteiger partial charge is 0.225 e. The van der Waals surface area contributed by atoms with Gasteiger partial charge in [0.15, 0.2) is 0 Å². The number of aromatic nitrogens is 2. The van der Waals surface area contributed by atoms with Gasteiger partial charge in [0.2, 0.25) is 11.8 Å². The second-order valence-electron chi connectivity index (χ2n) is 6.43. The third-order valence-corrected chi connectivity index (χ3v) is 4.93. The summed E-state index contributed by atoms with van der Waals surface area (Å²) in [4.78, 5) is 25.9. The summed E-state index contributed by atoms with van der Waals surface area (Å²) in [6.07, 6.45) is 6.71. The summed E-state index contributed by atoms with van der Waals surface area (Å²) >= 11 is 0. The fourth-order valence-electron chi connectivity index (χ4n) is 3.62. The van der Waals surface area contributed by atoms with Gasteiger partial charge in [-0.15, -0.1) is 0 Å². The van der Waals surface area contributed by atoms with Crippen LogP contribution in [0.25, 0.3) is 0 Å². The summed E-state index contributed by atoms with van der Waals surface area (Å²) in [6, 6.07) is 0.0673. The Labute approximate surface area is 130 Å². The molecule has 0 spiro atoms. The molecule has 1 fully saturated rings. The number of amides is 2. The van der Waals surface area contributed by atoms with Crippen molar-refractivity contribution in [3.05, 3.63) is 17.5 Å². The van der Waals surface area contributed by atoms with Gasteiger partial charge < -0.3 is 10.2 Å². The van der Waals surface area contributed by atoms with Crippen LogP contribution in [0, 0.1) is 5.92 Å². The van der Waals surface area contributed by atoms with Crippen molar-refractivity contribution >= 4 is 11.8 Å². The number of piperidine rings is 1. The SMILES string of the molecule is CC(=O)N1CCCC(C(=O)NC2CCCc3c2cnn3C)C1. The van der Waals surface area contributed by atoms with E-state index < -0.39 is 0 Å². The number of carbonyl (C=O) groups excluding carboxylic acids is 2. The quantitative estimate of drug-likeness (QED) is 0.892. The third kappa shape index (κ3) is 2.87. The van der Waals surface area contributed by atoms with Gasteiger partial charge in [0.25, 0.3) is 0 Å². The minimum Gasteiger partial charge on any atom is -0.349 e. The lowest BCUT2D eigenvalue weighted by atomic mass is 9.91. The predicted octanol–water partition coefficient (Wildman–Crippen LogP) is 1.17. The van der Waals surface area contributed by atoms with Crippen LogP contribution in [-0.2, 0) is 23.1 Å². The van der Waals surface area contributed by atoms with Crippen LogP contribution >= 0.6 is 0 Å². The van der Waals surface area contributed by atoms with Crippen molar-refractivity contribution in [1.29, 1.82) is 0 Å². The minimum absolute atomic E-state index is 0.0599. The molecule has 2 amide bonds. The largest absolute Gasteiger partial charge is 0.349 e. The molecule has 0 bridgehead atoms. The lowest BCUT2D eigenvalue weighted by Crippen LogP contribution is -2.45. The Bertz CT molecular complexity index is 581. The highest BCUT2D eigenvalue weighted by molar-refractivity contribution is 5.81. The van der Waals surface area contributed by atoms with E-state index in [-0.39, 0.29) is 23.8 Å². The summed E-state index contributed by atoms with van der Waals surface area (Å²) in [7, 11) is 1.95. The molecule has 1 aliphatic heterocycles. The Kier molecular flexibility index (Phi) is 4.18. The summed E-state index contributed by atoms with van der Waals surface area (Å²) in [5.74, 6) is 0.0528. The molecule has 2 unspecified atom stereocenters. The second kappa shape index (κ2) is 6.10.